The lowest BCUT2D eigenvalue weighted by atomic mass is 10.2. The van der Waals surface area contributed by atoms with E-state index in [1.54, 1.807) is 18.2 Å². The third-order valence-corrected chi connectivity index (χ3v) is 3.62. The molecule has 0 bridgehead atoms. The van der Waals surface area contributed by atoms with Gasteiger partial charge in [0.05, 0.1) is 28.2 Å². The van der Waals surface area contributed by atoms with Crippen LogP contribution in [0.25, 0.3) is 0 Å². The molecule has 7 heteroatoms. The van der Waals surface area contributed by atoms with E-state index < -0.39 is 17.5 Å². The van der Waals surface area contributed by atoms with Crippen LogP contribution >= 0.6 is 11.6 Å². The van der Waals surface area contributed by atoms with E-state index in [-0.39, 0.29) is 16.3 Å². The SMILES string of the molecule is O=C(Nc1ccc(F)c(Cl)c1)c1cncc(Nc2ccccc2F)c1. The molecule has 0 unspecified atom stereocenters. The maximum Gasteiger partial charge on any atom is 0.257 e. The first-order chi connectivity index (χ1) is 12.0. The fourth-order valence-electron chi connectivity index (χ4n) is 2.13. The highest BCUT2D eigenvalue weighted by atomic mass is 35.5. The number of hydrogen-bond donors (Lipinski definition) is 2. The normalized spacial score (nSPS) is 10.4. The summed E-state index contributed by atoms with van der Waals surface area (Å²) in [6.45, 7) is 0. The molecule has 0 atom stereocenters. The molecule has 1 heterocycles. The number of nitrogens with zero attached hydrogens (tertiary/aromatic N) is 1. The van der Waals surface area contributed by atoms with Gasteiger partial charge in [0.1, 0.15) is 11.6 Å². The van der Waals surface area contributed by atoms with Gasteiger partial charge in [-0.3, -0.25) is 9.78 Å². The topological polar surface area (TPSA) is 54.0 Å². The molecule has 0 saturated heterocycles. The van der Waals surface area contributed by atoms with E-state index in [2.05, 4.69) is 15.6 Å². The van der Waals surface area contributed by atoms with E-state index in [0.717, 1.165) is 6.07 Å². The van der Waals surface area contributed by atoms with Crippen LogP contribution in [-0.4, -0.2) is 10.9 Å². The Morgan fingerprint density at radius 2 is 1.76 bits per heavy atom. The Kier molecular flexibility index (Phi) is 4.90. The number of aromatic nitrogens is 1. The summed E-state index contributed by atoms with van der Waals surface area (Å²) in [6, 6.07) is 11.6. The predicted octanol–water partition coefficient (Wildman–Crippen LogP) is 5.01. The Hall–Kier alpha value is -2.99. The minimum Gasteiger partial charge on any atom is -0.352 e. The first-order valence-electron chi connectivity index (χ1n) is 7.26. The monoisotopic (exact) mass is 359 g/mol. The van der Waals surface area contributed by atoms with E-state index in [4.69, 9.17) is 11.6 Å². The molecule has 126 valence electrons. The van der Waals surface area contributed by atoms with Crippen molar-refractivity contribution in [2.24, 2.45) is 0 Å². The fraction of sp³-hybridized carbons (Fsp3) is 0. The lowest BCUT2D eigenvalue weighted by Crippen LogP contribution is -2.12. The first-order valence-corrected chi connectivity index (χ1v) is 7.64. The van der Waals surface area contributed by atoms with Crippen LogP contribution in [0.15, 0.2) is 60.9 Å². The molecule has 0 aliphatic heterocycles. The Bertz CT molecular complexity index is 934. The van der Waals surface area contributed by atoms with Crippen LogP contribution in [0.4, 0.5) is 25.8 Å². The smallest absolute Gasteiger partial charge is 0.257 e. The maximum atomic E-state index is 13.7. The van der Waals surface area contributed by atoms with Crippen molar-refractivity contribution in [3.8, 4) is 0 Å². The van der Waals surface area contributed by atoms with Gasteiger partial charge in [0.15, 0.2) is 0 Å². The molecule has 0 radical (unpaired) electrons. The lowest BCUT2D eigenvalue weighted by molar-refractivity contribution is 0.102. The molecule has 25 heavy (non-hydrogen) atoms. The Labute approximate surface area is 147 Å². The molecular formula is C18H12ClF2N3O. The van der Waals surface area contributed by atoms with Crippen molar-refractivity contribution >= 4 is 34.6 Å². The molecule has 2 N–H and O–H groups in total. The molecule has 1 aromatic heterocycles. The van der Waals surface area contributed by atoms with Crippen LogP contribution in [-0.2, 0) is 0 Å². The van der Waals surface area contributed by atoms with E-state index in [0.29, 0.717) is 11.4 Å². The predicted molar refractivity (Wildman–Crippen MR) is 93.3 cm³/mol. The van der Waals surface area contributed by atoms with Crippen molar-refractivity contribution in [2.45, 2.75) is 0 Å². The number of carbonyl (C=O) groups excluding carboxylic acids is 1. The Morgan fingerprint density at radius 3 is 2.52 bits per heavy atom. The van der Waals surface area contributed by atoms with Crippen molar-refractivity contribution in [2.75, 3.05) is 10.6 Å². The molecule has 1 amide bonds. The zero-order valence-corrected chi connectivity index (χ0v) is 13.5. The average Bonchev–Trinajstić information content (AvgIpc) is 2.60. The lowest BCUT2D eigenvalue weighted by Gasteiger charge is -2.09. The van der Waals surface area contributed by atoms with Gasteiger partial charge in [-0.1, -0.05) is 23.7 Å². The second-order valence-corrected chi connectivity index (χ2v) is 5.56. The van der Waals surface area contributed by atoms with Crippen LogP contribution < -0.4 is 10.6 Å². The number of amides is 1. The molecule has 2 aromatic carbocycles. The third-order valence-electron chi connectivity index (χ3n) is 3.33. The Morgan fingerprint density at radius 1 is 0.960 bits per heavy atom. The van der Waals surface area contributed by atoms with E-state index in [1.165, 1.54) is 36.7 Å². The number of nitrogens with one attached hydrogen (secondary N) is 2. The number of carbonyl (C=O) groups is 1. The van der Waals surface area contributed by atoms with Crippen molar-refractivity contribution in [1.29, 1.82) is 0 Å². The van der Waals surface area contributed by atoms with Crippen molar-refractivity contribution in [3.05, 3.63) is 83.1 Å². The zero-order chi connectivity index (χ0) is 17.8. The molecular weight excluding hydrogens is 348 g/mol. The summed E-state index contributed by atoms with van der Waals surface area (Å²) < 4.78 is 26.8. The van der Waals surface area contributed by atoms with E-state index in [9.17, 15) is 13.6 Å². The number of para-hydroxylation sites is 1. The molecule has 3 aromatic rings. The van der Waals surface area contributed by atoms with Gasteiger partial charge in [-0.15, -0.1) is 0 Å². The van der Waals surface area contributed by atoms with Crippen LogP contribution in [0.2, 0.25) is 5.02 Å². The first kappa shape index (κ1) is 16.9. The molecule has 0 fully saturated rings. The minimum absolute atomic E-state index is 0.0918. The molecule has 4 nitrogen and oxygen atoms in total. The van der Waals surface area contributed by atoms with Crippen molar-refractivity contribution < 1.29 is 13.6 Å². The van der Waals surface area contributed by atoms with Crippen LogP contribution in [0.1, 0.15) is 10.4 Å². The van der Waals surface area contributed by atoms with Gasteiger partial charge in [0, 0.05) is 11.9 Å². The van der Waals surface area contributed by atoms with Crippen molar-refractivity contribution in [3.63, 3.8) is 0 Å². The summed E-state index contributed by atoms with van der Waals surface area (Å²) >= 11 is 5.69. The molecule has 3 rings (SSSR count). The standard InChI is InChI=1S/C18H12ClF2N3O/c19-14-8-12(5-6-15(14)20)24-18(25)11-7-13(10-22-9-11)23-17-4-2-1-3-16(17)21/h1-10,23H,(H,24,25). The average molecular weight is 360 g/mol. The summed E-state index contributed by atoms with van der Waals surface area (Å²) in [5.41, 5.74) is 1.33. The number of pyridine rings is 1. The van der Waals surface area contributed by atoms with Gasteiger partial charge in [-0.05, 0) is 36.4 Å². The second kappa shape index (κ2) is 7.27. The van der Waals surface area contributed by atoms with Gasteiger partial charge in [-0.25, -0.2) is 8.78 Å². The minimum atomic E-state index is -0.572. The largest absolute Gasteiger partial charge is 0.352 e. The number of hydrogen-bond acceptors (Lipinski definition) is 3. The highest BCUT2D eigenvalue weighted by Gasteiger charge is 2.10. The summed E-state index contributed by atoms with van der Waals surface area (Å²) in [5, 5.41) is 5.36. The van der Waals surface area contributed by atoms with Crippen molar-refractivity contribution in [1.82, 2.24) is 4.98 Å². The highest BCUT2D eigenvalue weighted by Crippen LogP contribution is 2.22. The van der Waals surface area contributed by atoms with Gasteiger partial charge >= 0.3 is 0 Å². The third kappa shape index (κ3) is 4.10. The number of rotatable bonds is 4. The molecule has 0 saturated carbocycles. The second-order valence-electron chi connectivity index (χ2n) is 5.15. The maximum absolute atomic E-state index is 13.7. The molecule has 0 aliphatic carbocycles. The van der Waals surface area contributed by atoms with Crippen LogP contribution in [0.3, 0.4) is 0 Å². The van der Waals surface area contributed by atoms with E-state index in [1.807, 2.05) is 0 Å². The summed E-state index contributed by atoms with van der Waals surface area (Å²) in [7, 11) is 0. The summed E-state index contributed by atoms with van der Waals surface area (Å²) in [6.07, 6.45) is 2.84. The zero-order valence-electron chi connectivity index (χ0n) is 12.8. The van der Waals surface area contributed by atoms with Gasteiger partial charge in [-0.2, -0.15) is 0 Å². The number of halogens is 3. The van der Waals surface area contributed by atoms with E-state index >= 15 is 0 Å². The van der Waals surface area contributed by atoms with Gasteiger partial charge in [0.2, 0.25) is 0 Å². The van der Waals surface area contributed by atoms with Crippen LogP contribution in [0, 0.1) is 11.6 Å². The fourth-order valence-corrected chi connectivity index (χ4v) is 2.31. The quantitative estimate of drug-likeness (QED) is 0.688. The van der Waals surface area contributed by atoms with Crippen LogP contribution in [0.5, 0.6) is 0 Å². The van der Waals surface area contributed by atoms with Gasteiger partial charge < -0.3 is 10.6 Å². The summed E-state index contributed by atoms with van der Waals surface area (Å²) in [4.78, 5) is 16.3. The Balaban J connectivity index is 1.77. The summed E-state index contributed by atoms with van der Waals surface area (Å²) in [5.74, 6) is -1.44. The number of benzene rings is 2. The highest BCUT2D eigenvalue weighted by molar-refractivity contribution is 6.31. The van der Waals surface area contributed by atoms with Gasteiger partial charge in [0.25, 0.3) is 5.91 Å². The molecule has 0 spiro atoms. The number of anilines is 3. The molecule has 0 aliphatic rings.